The van der Waals surface area contributed by atoms with Crippen LogP contribution in [-0.4, -0.2) is 105 Å². The summed E-state index contributed by atoms with van der Waals surface area (Å²) < 4.78 is 27.3. The minimum atomic E-state index is -1.69. The second-order valence-corrected chi connectivity index (χ2v) is 7.28. The SMILES string of the molecule is COC1(O)C2C=COC(OC3OC(CO)C(O)C(O)C3O)C2C2(CO)OC12. The molecule has 11 heteroatoms. The lowest BCUT2D eigenvalue weighted by Gasteiger charge is -2.43. The summed E-state index contributed by atoms with van der Waals surface area (Å²) >= 11 is 0. The molecule has 2 saturated heterocycles. The first-order valence-electron chi connectivity index (χ1n) is 8.68. The van der Waals surface area contributed by atoms with Crippen LogP contribution in [0.5, 0.6) is 0 Å². The number of hydrogen-bond acceptors (Lipinski definition) is 11. The van der Waals surface area contributed by atoms with Crippen molar-refractivity contribution >= 4 is 0 Å². The van der Waals surface area contributed by atoms with E-state index in [1.807, 2.05) is 0 Å². The Morgan fingerprint density at radius 3 is 2.44 bits per heavy atom. The molecule has 1 aliphatic carbocycles. The summed E-state index contributed by atoms with van der Waals surface area (Å²) in [5, 5.41) is 59.9. The van der Waals surface area contributed by atoms with Gasteiger partial charge in [-0.15, -0.1) is 0 Å². The van der Waals surface area contributed by atoms with E-state index in [1.54, 1.807) is 6.08 Å². The molecule has 27 heavy (non-hydrogen) atoms. The van der Waals surface area contributed by atoms with Gasteiger partial charge in [0.2, 0.25) is 12.1 Å². The van der Waals surface area contributed by atoms with Crippen LogP contribution in [0.4, 0.5) is 0 Å². The van der Waals surface area contributed by atoms with Crippen molar-refractivity contribution in [3.63, 3.8) is 0 Å². The van der Waals surface area contributed by atoms with Crippen LogP contribution in [0.2, 0.25) is 0 Å². The molecule has 0 amide bonds. The third-order valence-corrected chi connectivity index (χ3v) is 6.01. The van der Waals surface area contributed by atoms with Crippen LogP contribution in [-0.2, 0) is 23.7 Å². The van der Waals surface area contributed by atoms with Crippen molar-refractivity contribution in [3.8, 4) is 0 Å². The molecule has 0 aromatic carbocycles. The second-order valence-electron chi connectivity index (χ2n) is 7.28. The number of aliphatic hydroxyl groups excluding tert-OH is 5. The third-order valence-electron chi connectivity index (χ3n) is 6.01. The van der Waals surface area contributed by atoms with Gasteiger partial charge in [0.15, 0.2) is 6.29 Å². The molecule has 4 aliphatic rings. The van der Waals surface area contributed by atoms with E-state index in [2.05, 4.69) is 0 Å². The molecule has 11 atom stereocenters. The summed E-state index contributed by atoms with van der Waals surface area (Å²) in [6.07, 6.45) is -6.34. The number of epoxide rings is 1. The van der Waals surface area contributed by atoms with Gasteiger partial charge >= 0.3 is 0 Å². The number of ether oxygens (including phenoxy) is 5. The Labute approximate surface area is 154 Å². The largest absolute Gasteiger partial charge is 0.472 e. The van der Waals surface area contributed by atoms with Crippen LogP contribution < -0.4 is 0 Å². The van der Waals surface area contributed by atoms with Crippen molar-refractivity contribution in [2.24, 2.45) is 11.8 Å². The summed E-state index contributed by atoms with van der Waals surface area (Å²) in [5.74, 6) is -3.02. The molecule has 11 nitrogen and oxygen atoms in total. The fourth-order valence-electron chi connectivity index (χ4n) is 4.46. The van der Waals surface area contributed by atoms with Crippen LogP contribution in [0, 0.1) is 11.8 Å². The highest BCUT2D eigenvalue weighted by molar-refractivity contribution is 5.28. The van der Waals surface area contributed by atoms with Gasteiger partial charge in [-0.25, -0.2) is 0 Å². The molecule has 154 valence electrons. The maximum atomic E-state index is 10.8. The normalized spacial score (nSPS) is 56.3. The quantitative estimate of drug-likeness (QED) is 0.202. The second kappa shape index (κ2) is 6.59. The Balaban J connectivity index is 1.57. The van der Waals surface area contributed by atoms with E-state index < -0.39 is 79.5 Å². The predicted molar refractivity (Wildman–Crippen MR) is 82.5 cm³/mol. The van der Waals surface area contributed by atoms with Crippen molar-refractivity contribution in [1.82, 2.24) is 0 Å². The average Bonchev–Trinajstić information content (AvgIpc) is 3.39. The monoisotopic (exact) mass is 392 g/mol. The number of aliphatic hydroxyl groups is 6. The first-order valence-corrected chi connectivity index (χ1v) is 8.68. The van der Waals surface area contributed by atoms with Crippen LogP contribution in [0.15, 0.2) is 12.3 Å². The van der Waals surface area contributed by atoms with Gasteiger partial charge in [-0.05, 0) is 6.08 Å². The highest BCUT2D eigenvalue weighted by Gasteiger charge is 2.82. The van der Waals surface area contributed by atoms with E-state index in [4.69, 9.17) is 23.7 Å². The first-order chi connectivity index (χ1) is 12.8. The van der Waals surface area contributed by atoms with Gasteiger partial charge < -0.3 is 54.3 Å². The predicted octanol–water partition coefficient (Wildman–Crippen LogP) is -3.62. The van der Waals surface area contributed by atoms with Crippen molar-refractivity contribution in [2.75, 3.05) is 20.3 Å². The Morgan fingerprint density at radius 1 is 1.07 bits per heavy atom. The van der Waals surface area contributed by atoms with Crippen molar-refractivity contribution in [3.05, 3.63) is 12.3 Å². The number of methoxy groups -OCH3 is 1. The number of rotatable bonds is 5. The Kier molecular flexibility index (Phi) is 4.75. The summed E-state index contributed by atoms with van der Waals surface area (Å²) in [7, 11) is 1.32. The minimum Gasteiger partial charge on any atom is -0.472 e. The maximum Gasteiger partial charge on any atom is 0.208 e. The third kappa shape index (κ3) is 2.59. The average molecular weight is 392 g/mol. The van der Waals surface area contributed by atoms with Gasteiger partial charge in [0.05, 0.1) is 25.4 Å². The van der Waals surface area contributed by atoms with Gasteiger partial charge in [-0.2, -0.15) is 0 Å². The molecular formula is C16H24O11. The summed E-state index contributed by atoms with van der Waals surface area (Å²) in [6.45, 7) is -1.02. The maximum absolute atomic E-state index is 10.8. The Bertz CT molecular complexity index is 599. The van der Waals surface area contributed by atoms with E-state index in [0.29, 0.717) is 0 Å². The van der Waals surface area contributed by atoms with Gasteiger partial charge in [-0.1, -0.05) is 0 Å². The lowest BCUT2D eigenvalue weighted by atomic mass is 9.85. The molecule has 3 heterocycles. The zero-order valence-corrected chi connectivity index (χ0v) is 14.5. The molecule has 3 fully saturated rings. The Morgan fingerprint density at radius 2 is 1.81 bits per heavy atom. The van der Waals surface area contributed by atoms with E-state index in [1.165, 1.54) is 13.4 Å². The smallest absolute Gasteiger partial charge is 0.208 e. The zero-order valence-electron chi connectivity index (χ0n) is 14.5. The van der Waals surface area contributed by atoms with Crippen LogP contribution in [0.3, 0.4) is 0 Å². The lowest BCUT2D eigenvalue weighted by Crippen LogP contribution is -2.60. The van der Waals surface area contributed by atoms with Crippen LogP contribution in [0.1, 0.15) is 0 Å². The highest BCUT2D eigenvalue weighted by Crippen LogP contribution is 2.64. The first kappa shape index (κ1) is 19.5. The van der Waals surface area contributed by atoms with Gasteiger partial charge in [-0.3, -0.25) is 0 Å². The molecule has 11 unspecified atom stereocenters. The molecule has 0 radical (unpaired) electrons. The fourth-order valence-corrected chi connectivity index (χ4v) is 4.46. The topological polar surface area (TPSA) is 171 Å². The summed E-state index contributed by atoms with van der Waals surface area (Å²) in [4.78, 5) is 0. The lowest BCUT2D eigenvalue weighted by molar-refractivity contribution is -0.349. The molecule has 0 aromatic heterocycles. The van der Waals surface area contributed by atoms with E-state index >= 15 is 0 Å². The minimum absolute atomic E-state index is 0.420. The van der Waals surface area contributed by atoms with E-state index in [9.17, 15) is 30.6 Å². The molecule has 6 N–H and O–H groups in total. The van der Waals surface area contributed by atoms with Gasteiger partial charge in [0, 0.05) is 13.0 Å². The molecule has 3 aliphatic heterocycles. The van der Waals surface area contributed by atoms with E-state index in [-0.39, 0.29) is 0 Å². The molecule has 0 spiro atoms. The summed E-state index contributed by atoms with van der Waals surface area (Å²) in [5.41, 5.74) is -1.15. The molecule has 4 rings (SSSR count). The van der Waals surface area contributed by atoms with Crippen LogP contribution >= 0.6 is 0 Å². The molecule has 1 saturated carbocycles. The zero-order chi connectivity index (χ0) is 19.6. The van der Waals surface area contributed by atoms with E-state index in [0.717, 1.165) is 0 Å². The Hall–Kier alpha value is -0.860. The number of fused-ring (bicyclic) bond motifs is 3. The van der Waals surface area contributed by atoms with Crippen molar-refractivity contribution in [1.29, 1.82) is 0 Å². The van der Waals surface area contributed by atoms with Gasteiger partial charge in [0.1, 0.15) is 36.1 Å². The summed E-state index contributed by atoms with van der Waals surface area (Å²) in [6, 6.07) is 0. The molecular weight excluding hydrogens is 368 g/mol. The molecule has 0 bridgehead atoms. The standard InChI is InChI=1S/C16H24O11/c1-23-16(22)6-2-3-24-12(8(6)15(5-18)14(16)27-15)26-13-11(21)10(20)9(19)7(4-17)25-13/h2-3,6-14,17-22H,4-5H2,1H3. The highest BCUT2D eigenvalue weighted by atomic mass is 16.8. The van der Waals surface area contributed by atoms with Crippen molar-refractivity contribution in [2.45, 2.75) is 54.5 Å². The van der Waals surface area contributed by atoms with Crippen LogP contribution in [0.25, 0.3) is 0 Å². The molecule has 0 aromatic rings. The number of hydrogen-bond donors (Lipinski definition) is 6. The fraction of sp³-hybridized carbons (Fsp3) is 0.875. The van der Waals surface area contributed by atoms with Crippen molar-refractivity contribution < 1.29 is 54.3 Å². The van der Waals surface area contributed by atoms with Gasteiger partial charge in [0.25, 0.3) is 0 Å².